The van der Waals surface area contributed by atoms with Crippen LogP contribution in [0.1, 0.15) is 109 Å². The van der Waals surface area contributed by atoms with E-state index in [0.717, 1.165) is 6.42 Å². The molecule has 0 N–H and O–H groups in total. The number of benzene rings is 2. The number of hydrogen-bond acceptors (Lipinski definition) is 0. The van der Waals surface area contributed by atoms with Gasteiger partial charge in [0.2, 0.25) is 0 Å². The number of hydrogen-bond donors (Lipinski definition) is 0. The molecule has 7 rings (SSSR count). The van der Waals surface area contributed by atoms with Crippen molar-refractivity contribution in [1.82, 2.24) is 0 Å². The minimum absolute atomic E-state index is 0. The van der Waals surface area contributed by atoms with Crippen molar-refractivity contribution in [3.8, 4) is 0 Å². The Kier molecular flexibility index (Phi) is 10.9. The van der Waals surface area contributed by atoms with Crippen molar-refractivity contribution in [2.45, 2.75) is 97.8 Å². The Labute approximate surface area is 276 Å². The Balaban J connectivity index is 0.000000214. The van der Waals surface area contributed by atoms with Crippen LogP contribution in [0.4, 0.5) is 0 Å². The first-order valence-corrected chi connectivity index (χ1v) is 16.0. The minimum atomic E-state index is 0. The summed E-state index contributed by atoms with van der Waals surface area (Å²) in [5.74, 6) is 0. The number of fused-ring (bicyclic) bond motifs is 5. The zero-order chi connectivity index (χ0) is 28.0. The summed E-state index contributed by atoms with van der Waals surface area (Å²) >= 11 is 1.69. The molecule has 216 valence electrons. The molecule has 0 radical (unpaired) electrons. The molecule has 4 aliphatic rings. The SMILES string of the molecule is CC(C)(C)C1=CC[C-]=C1.CC1(C)C=Cc2cc3c(cc21)[cH-]c1cc2c(cc13)C=CC2(C)C.[Cl-].[Cl-].[Zr+2]=[C]1CCCCC1. The van der Waals surface area contributed by atoms with E-state index in [0.29, 0.717) is 5.41 Å². The topological polar surface area (TPSA) is 0 Å². The van der Waals surface area contributed by atoms with E-state index in [-0.39, 0.29) is 35.6 Å². The molecule has 1 saturated carbocycles. The summed E-state index contributed by atoms with van der Waals surface area (Å²) in [6, 6.07) is 11.9. The first kappa shape index (κ1) is 34.1. The van der Waals surface area contributed by atoms with Crippen LogP contribution in [-0.4, -0.2) is 3.21 Å². The van der Waals surface area contributed by atoms with Crippen LogP contribution in [0.2, 0.25) is 0 Å². The van der Waals surface area contributed by atoms with Crippen molar-refractivity contribution in [2.24, 2.45) is 5.41 Å². The van der Waals surface area contributed by atoms with Crippen molar-refractivity contribution >= 4 is 36.9 Å². The molecule has 1 fully saturated rings. The van der Waals surface area contributed by atoms with Gasteiger partial charge in [-0.15, -0.1) is 46.2 Å². The molecule has 0 atom stereocenters. The second-order valence-electron chi connectivity index (χ2n) is 13.9. The third-order valence-electron chi connectivity index (χ3n) is 8.81. The van der Waals surface area contributed by atoms with Crippen molar-refractivity contribution in [3.63, 3.8) is 0 Å². The molecule has 0 spiro atoms. The molecular weight excluding hydrogens is 619 g/mol. The van der Waals surface area contributed by atoms with Gasteiger partial charge in [0.15, 0.2) is 0 Å². The Hall–Kier alpha value is -1.40. The van der Waals surface area contributed by atoms with Gasteiger partial charge in [0.05, 0.1) is 0 Å². The molecule has 0 heterocycles. The van der Waals surface area contributed by atoms with Crippen LogP contribution in [0.3, 0.4) is 0 Å². The van der Waals surface area contributed by atoms with Gasteiger partial charge in [0.25, 0.3) is 0 Å². The molecule has 0 amide bonds. The first-order chi connectivity index (χ1) is 18.3. The summed E-state index contributed by atoms with van der Waals surface area (Å²) in [5, 5.41) is 5.53. The normalized spacial score (nSPS) is 19.0. The van der Waals surface area contributed by atoms with Crippen LogP contribution in [0, 0.1) is 11.5 Å². The monoisotopic (exact) mass is 660 g/mol. The zero-order valence-corrected chi connectivity index (χ0v) is 29.8. The van der Waals surface area contributed by atoms with E-state index < -0.39 is 0 Å². The summed E-state index contributed by atoms with van der Waals surface area (Å²) in [5.41, 5.74) is 7.71. The fraction of sp³-hybridized carbons (Fsp3) is 0.421. The standard InChI is InChI=1S/C23H21.C9H13.C6H10.2ClH.Zr/c1-22(2)7-5-14-10-18-16(12-20(14)22)9-17-13-21-15(11-19(17)18)6-8-23(21,3)4;1-9(2,3)8-6-4-5-7-8;1-2-4-6-5-3-1;;;/h5-13H,1-4H3;6-7H,4H2,1-3H3;1-5H2;2*1H;/q2*-1;;;;+2/p-2. The van der Waals surface area contributed by atoms with E-state index in [1.165, 1.54) is 81.5 Å². The second kappa shape index (κ2) is 13.1. The molecule has 0 bridgehead atoms. The maximum atomic E-state index is 3.16. The van der Waals surface area contributed by atoms with Gasteiger partial charge in [-0.1, -0.05) is 101 Å². The summed E-state index contributed by atoms with van der Waals surface area (Å²) in [6.45, 7) is 15.9. The van der Waals surface area contributed by atoms with E-state index >= 15 is 0 Å². The summed E-state index contributed by atoms with van der Waals surface area (Å²) < 4.78 is 1.80. The molecule has 3 aromatic carbocycles. The number of allylic oxidation sites excluding steroid dienone is 6. The van der Waals surface area contributed by atoms with E-state index in [4.69, 9.17) is 0 Å². The average Bonchev–Trinajstić information content (AvgIpc) is 3.65. The molecule has 3 aromatic rings. The molecule has 0 unspecified atom stereocenters. The van der Waals surface area contributed by atoms with Gasteiger partial charge in [0, 0.05) is 10.8 Å². The van der Waals surface area contributed by atoms with Crippen molar-refractivity contribution < 1.29 is 49.0 Å². The van der Waals surface area contributed by atoms with Crippen LogP contribution in [-0.2, 0) is 35.1 Å². The van der Waals surface area contributed by atoms with Crippen LogP contribution < -0.4 is 24.8 Å². The third-order valence-corrected chi connectivity index (χ3v) is 10.0. The number of halogens is 2. The number of rotatable bonds is 0. The Morgan fingerprint density at radius 2 is 1.24 bits per heavy atom. The average molecular weight is 663 g/mol. The Morgan fingerprint density at radius 1 is 0.756 bits per heavy atom. The van der Waals surface area contributed by atoms with Crippen molar-refractivity contribution in [2.75, 3.05) is 0 Å². The predicted octanol–water partition coefficient (Wildman–Crippen LogP) is 4.72. The van der Waals surface area contributed by atoms with Gasteiger partial charge in [-0.2, -0.15) is 11.6 Å². The van der Waals surface area contributed by atoms with Crippen LogP contribution >= 0.6 is 0 Å². The zero-order valence-electron chi connectivity index (χ0n) is 25.8. The van der Waals surface area contributed by atoms with Gasteiger partial charge in [0.1, 0.15) is 0 Å². The molecule has 3 heteroatoms. The molecule has 0 aliphatic heterocycles. The van der Waals surface area contributed by atoms with Gasteiger partial charge in [-0.25, -0.2) is 6.08 Å². The van der Waals surface area contributed by atoms with Crippen molar-refractivity contribution in [3.05, 3.63) is 88.5 Å². The van der Waals surface area contributed by atoms with Crippen LogP contribution in [0.5, 0.6) is 0 Å². The van der Waals surface area contributed by atoms with E-state index in [1.807, 2.05) is 0 Å². The van der Waals surface area contributed by atoms with Crippen LogP contribution in [0.25, 0.3) is 33.7 Å². The van der Waals surface area contributed by atoms with Gasteiger partial charge >= 0.3 is 59.5 Å². The molecule has 4 aliphatic carbocycles. The van der Waals surface area contributed by atoms with E-state index in [9.17, 15) is 0 Å². The summed E-state index contributed by atoms with van der Waals surface area (Å²) in [7, 11) is 0. The molecule has 41 heavy (non-hydrogen) atoms. The van der Waals surface area contributed by atoms with Crippen molar-refractivity contribution in [1.29, 1.82) is 0 Å². The molecule has 0 aromatic heterocycles. The first-order valence-electron chi connectivity index (χ1n) is 14.8. The second-order valence-corrected chi connectivity index (χ2v) is 15.7. The maximum absolute atomic E-state index is 3.16. The fourth-order valence-electron chi connectivity index (χ4n) is 6.20. The molecule has 0 saturated heterocycles. The van der Waals surface area contributed by atoms with E-state index in [2.05, 4.69) is 121 Å². The third kappa shape index (κ3) is 7.40. The quantitative estimate of drug-likeness (QED) is 0.306. The van der Waals surface area contributed by atoms with Gasteiger partial charge in [-0.3, -0.25) is 6.08 Å². The fourth-order valence-corrected chi connectivity index (χ4v) is 7.07. The molecule has 0 nitrogen and oxygen atoms in total. The van der Waals surface area contributed by atoms with E-state index in [1.54, 1.807) is 27.4 Å². The summed E-state index contributed by atoms with van der Waals surface area (Å²) in [4.78, 5) is 0. The molecular formula is C38H44Cl2Zr-2. The Bertz CT molecular complexity index is 1450. The van der Waals surface area contributed by atoms with Gasteiger partial charge in [-0.05, 0) is 11.1 Å². The Morgan fingerprint density at radius 3 is 1.59 bits per heavy atom. The van der Waals surface area contributed by atoms with Gasteiger partial charge < -0.3 is 24.8 Å². The summed E-state index contributed by atoms with van der Waals surface area (Å²) in [6.07, 6.45) is 25.0. The van der Waals surface area contributed by atoms with Crippen LogP contribution in [0.15, 0.2) is 60.2 Å². The predicted molar refractivity (Wildman–Crippen MR) is 169 cm³/mol.